The van der Waals surface area contributed by atoms with Crippen molar-refractivity contribution in [2.45, 2.75) is 13.0 Å². The summed E-state index contributed by atoms with van der Waals surface area (Å²) in [5.41, 5.74) is 2.10. The van der Waals surface area contributed by atoms with Crippen molar-refractivity contribution in [3.63, 3.8) is 0 Å². The van der Waals surface area contributed by atoms with Gasteiger partial charge in [-0.15, -0.1) is 0 Å². The highest BCUT2D eigenvalue weighted by Gasteiger charge is 2.09. The summed E-state index contributed by atoms with van der Waals surface area (Å²) in [5, 5.41) is 0. The van der Waals surface area contributed by atoms with E-state index < -0.39 is 0 Å². The Bertz CT molecular complexity index is 462. The van der Waals surface area contributed by atoms with Crippen LogP contribution in [0.3, 0.4) is 0 Å². The van der Waals surface area contributed by atoms with Crippen molar-refractivity contribution in [2.24, 2.45) is 0 Å². The van der Waals surface area contributed by atoms with Crippen LogP contribution in [-0.2, 0) is 17.8 Å². The van der Waals surface area contributed by atoms with E-state index in [1.54, 1.807) is 4.90 Å². The highest BCUT2D eigenvalue weighted by molar-refractivity contribution is 5.78. The molecule has 0 saturated carbocycles. The molecule has 88 valence electrons. The Labute approximate surface area is 101 Å². The number of hydrogen-bond acceptors (Lipinski definition) is 1. The molecule has 1 aromatic heterocycles. The third-order valence-corrected chi connectivity index (χ3v) is 2.69. The van der Waals surface area contributed by atoms with Crippen LogP contribution in [0.25, 0.3) is 0 Å². The van der Waals surface area contributed by atoms with Gasteiger partial charge in [0.1, 0.15) is 0 Å². The van der Waals surface area contributed by atoms with Crippen LogP contribution in [0.1, 0.15) is 11.3 Å². The summed E-state index contributed by atoms with van der Waals surface area (Å²) in [6.45, 7) is 0.624. The highest BCUT2D eigenvalue weighted by atomic mass is 16.2. The molecule has 0 atom stereocenters. The van der Waals surface area contributed by atoms with E-state index in [0.717, 1.165) is 11.3 Å². The number of hydrogen-bond donors (Lipinski definition) is 1. The Kier molecular flexibility index (Phi) is 3.60. The fourth-order valence-electron chi connectivity index (χ4n) is 1.72. The summed E-state index contributed by atoms with van der Waals surface area (Å²) >= 11 is 0. The number of nitrogens with one attached hydrogen (secondary N) is 1. The molecule has 0 saturated heterocycles. The summed E-state index contributed by atoms with van der Waals surface area (Å²) in [7, 11) is 1.83. The van der Waals surface area contributed by atoms with Crippen molar-refractivity contribution < 1.29 is 4.79 Å². The molecule has 0 bridgehead atoms. The van der Waals surface area contributed by atoms with Crippen molar-refractivity contribution in [3.05, 3.63) is 59.9 Å². The van der Waals surface area contributed by atoms with Crippen LogP contribution in [0.4, 0.5) is 0 Å². The second kappa shape index (κ2) is 5.34. The Hall–Kier alpha value is -2.03. The number of benzene rings is 1. The summed E-state index contributed by atoms with van der Waals surface area (Å²) in [6, 6.07) is 13.7. The SMILES string of the molecule is CN(Cc1ccc[nH]1)C(=O)Cc1ccccc1. The highest BCUT2D eigenvalue weighted by Crippen LogP contribution is 2.05. The summed E-state index contributed by atoms with van der Waals surface area (Å²) in [5.74, 6) is 0.130. The maximum Gasteiger partial charge on any atom is 0.227 e. The fraction of sp³-hybridized carbons (Fsp3) is 0.214. The minimum absolute atomic E-state index is 0.130. The van der Waals surface area contributed by atoms with Crippen molar-refractivity contribution in [2.75, 3.05) is 7.05 Å². The van der Waals surface area contributed by atoms with E-state index in [0.29, 0.717) is 13.0 Å². The smallest absolute Gasteiger partial charge is 0.227 e. The molecule has 0 unspecified atom stereocenters. The molecule has 1 aromatic carbocycles. The standard InChI is InChI=1S/C14H16N2O/c1-16(11-13-8-5-9-15-13)14(17)10-12-6-3-2-4-7-12/h2-9,15H,10-11H2,1H3. The summed E-state index contributed by atoms with van der Waals surface area (Å²) in [6.07, 6.45) is 2.32. The number of carbonyl (C=O) groups is 1. The normalized spacial score (nSPS) is 10.2. The third kappa shape index (κ3) is 3.21. The van der Waals surface area contributed by atoms with Crippen LogP contribution < -0.4 is 0 Å². The van der Waals surface area contributed by atoms with Crippen LogP contribution >= 0.6 is 0 Å². The van der Waals surface area contributed by atoms with E-state index in [1.165, 1.54) is 0 Å². The Balaban J connectivity index is 1.92. The predicted molar refractivity (Wildman–Crippen MR) is 67.4 cm³/mol. The lowest BCUT2D eigenvalue weighted by molar-refractivity contribution is -0.129. The zero-order valence-electron chi connectivity index (χ0n) is 9.89. The number of rotatable bonds is 4. The van der Waals surface area contributed by atoms with E-state index >= 15 is 0 Å². The molecule has 17 heavy (non-hydrogen) atoms. The first-order chi connectivity index (χ1) is 8.25. The van der Waals surface area contributed by atoms with E-state index in [2.05, 4.69) is 4.98 Å². The first-order valence-corrected chi connectivity index (χ1v) is 5.66. The van der Waals surface area contributed by atoms with Gasteiger partial charge < -0.3 is 9.88 Å². The monoisotopic (exact) mass is 228 g/mol. The molecule has 1 amide bonds. The maximum atomic E-state index is 12.0. The van der Waals surface area contributed by atoms with E-state index in [4.69, 9.17) is 0 Å². The molecule has 0 radical (unpaired) electrons. The molecule has 0 fully saturated rings. The van der Waals surface area contributed by atoms with Gasteiger partial charge in [0.15, 0.2) is 0 Å². The lowest BCUT2D eigenvalue weighted by atomic mass is 10.1. The van der Waals surface area contributed by atoms with Crippen LogP contribution in [0.5, 0.6) is 0 Å². The van der Waals surface area contributed by atoms with E-state index in [9.17, 15) is 4.79 Å². The second-order valence-electron chi connectivity index (χ2n) is 4.11. The summed E-state index contributed by atoms with van der Waals surface area (Å²) < 4.78 is 0. The van der Waals surface area contributed by atoms with Crippen LogP contribution in [0.15, 0.2) is 48.7 Å². The number of likely N-dealkylation sites (N-methyl/N-ethyl adjacent to an activating group) is 1. The lowest BCUT2D eigenvalue weighted by Crippen LogP contribution is -2.27. The Morgan fingerprint density at radius 1 is 1.18 bits per heavy atom. The van der Waals surface area contributed by atoms with Gasteiger partial charge in [-0.05, 0) is 17.7 Å². The molecular formula is C14H16N2O. The molecular weight excluding hydrogens is 212 g/mol. The van der Waals surface area contributed by atoms with E-state index in [1.807, 2.05) is 55.7 Å². The van der Waals surface area contributed by atoms with Gasteiger partial charge >= 0.3 is 0 Å². The number of H-pyrrole nitrogens is 1. The van der Waals surface area contributed by atoms with Gasteiger partial charge in [-0.2, -0.15) is 0 Å². The summed E-state index contributed by atoms with van der Waals surface area (Å²) in [4.78, 5) is 16.8. The van der Waals surface area contributed by atoms with E-state index in [-0.39, 0.29) is 5.91 Å². The van der Waals surface area contributed by atoms with Crippen molar-refractivity contribution in [3.8, 4) is 0 Å². The van der Waals surface area contributed by atoms with Crippen LogP contribution in [0.2, 0.25) is 0 Å². The van der Waals surface area contributed by atoms with Gasteiger partial charge in [0, 0.05) is 18.9 Å². The van der Waals surface area contributed by atoms with Crippen molar-refractivity contribution in [1.82, 2.24) is 9.88 Å². The lowest BCUT2D eigenvalue weighted by Gasteiger charge is -2.16. The van der Waals surface area contributed by atoms with Gasteiger partial charge in [0.25, 0.3) is 0 Å². The molecule has 3 nitrogen and oxygen atoms in total. The quantitative estimate of drug-likeness (QED) is 0.855. The number of amides is 1. The molecule has 1 heterocycles. The zero-order valence-corrected chi connectivity index (χ0v) is 9.89. The number of aromatic nitrogens is 1. The molecule has 0 aliphatic rings. The molecule has 2 aromatic rings. The third-order valence-electron chi connectivity index (χ3n) is 2.69. The first-order valence-electron chi connectivity index (χ1n) is 5.66. The minimum Gasteiger partial charge on any atom is -0.364 e. The molecule has 0 aliphatic carbocycles. The minimum atomic E-state index is 0.130. The van der Waals surface area contributed by atoms with Crippen LogP contribution in [-0.4, -0.2) is 22.8 Å². The van der Waals surface area contributed by atoms with Gasteiger partial charge in [-0.1, -0.05) is 30.3 Å². The average Bonchev–Trinajstić information content (AvgIpc) is 2.83. The largest absolute Gasteiger partial charge is 0.364 e. The number of nitrogens with zero attached hydrogens (tertiary/aromatic N) is 1. The molecule has 2 rings (SSSR count). The zero-order chi connectivity index (χ0) is 12.1. The number of carbonyl (C=O) groups excluding carboxylic acids is 1. The van der Waals surface area contributed by atoms with Crippen molar-refractivity contribution >= 4 is 5.91 Å². The first kappa shape index (κ1) is 11.5. The molecule has 1 N–H and O–H groups in total. The Morgan fingerprint density at radius 2 is 1.94 bits per heavy atom. The van der Waals surface area contributed by atoms with Crippen molar-refractivity contribution in [1.29, 1.82) is 0 Å². The van der Waals surface area contributed by atoms with Gasteiger partial charge in [0.05, 0.1) is 13.0 Å². The number of aromatic amines is 1. The van der Waals surface area contributed by atoms with Gasteiger partial charge in [-0.3, -0.25) is 4.79 Å². The molecule has 0 aliphatic heterocycles. The molecule has 3 heteroatoms. The fourth-order valence-corrected chi connectivity index (χ4v) is 1.72. The Morgan fingerprint density at radius 3 is 2.59 bits per heavy atom. The topological polar surface area (TPSA) is 36.1 Å². The van der Waals surface area contributed by atoms with Gasteiger partial charge in [0.2, 0.25) is 5.91 Å². The van der Waals surface area contributed by atoms with Gasteiger partial charge in [-0.25, -0.2) is 0 Å². The van der Waals surface area contributed by atoms with Crippen LogP contribution in [0, 0.1) is 0 Å². The maximum absolute atomic E-state index is 12.0. The average molecular weight is 228 g/mol. The molecule has 0 spiro atoms. The second-order valence-corrected chi connectivity index (χ2v) is 4.11. The predicted octanol–water partition coefficient (Wildman–Crippen LogP) is 2.22.